The van der Waals surface area contributed by atoms with E-state index in [1.54, 1.807) is 12.4 Å². The largest absolute Gasteiger partial charge is 0.333 e. The van der Waals surface area contributed by atoms with Crippen molar-refractivity contribution < 1.29 is 4.79 Å². The number of aromatic nitrogens is 6. The van der Waals surface area contributed by atoms with Gasteiger partial charge in [-0.15, -0.1) is 0 Å². The van der Waals surface area contributed by atoms with Crippen molar-refractivity contribution in [1.82, 2.24) is 29.3 Å². The lowest BCUT2D eigenvalue weighted by Crippen LogP contribution is -2.13. The number of anilines is 1. The van der Waals surface area contributed by atoms with E-state index in [0.29, 0.717) is 21.7 Å². The van der Waals surface area contributed by atoms with Gasteiger partial charge in [0.1, 0.15) is 0 Å². The highest BCUT2D eigenvalue weighted by Crippen LogP contribution is 2.32. The summed E-state index contributed by atoms with van der Waals surface area (Å²) in [5.41, 5.74) is 3.67. The first kappa shape index (κ1) is 21.0. The van der Waals surface area contributed by atoms with E-state index in [9.17, 15) is 4.79 Å². The number of imidazole rings is 1. The Bertz CT molecular complexity index is 1460. The highest BCUT2D eigenvalue weighted by molar-refractivity contribution is 7.19. The first-order chi connectivity index (χ1) is 15.9. The van der Waals surface area contributed by atoms with Crippen LogP contribution in [0.3, 0.4) is 0 Å². The van der Waals surface area contributed by atoms with Crippen molar-refractivity contribution in [2.45, 2.75) is 26.8 Å². The fourth-order valence-corrected chi connectivity index (χ4v) is 4.75. The fraction of sp³-hybridized carbons (Fsp3) is 0.208. The predicted molar refractivity (Wildman–Crippen MR) is 130 cm³/mol. The molecule has 0 saturated heterocycles. The number of aryl methyl sites for hydroxylation is 2. The molecule has 0 saturated carbocycles. The van der Waals surface area contributed by atoms with Gasteiger partial charge in [-0.2, -0.15) is 5.10 Å². The molecule has 33 heavy (non-hydrogen) atoms. The topological polar surface area (TPSA) is 90.5 Å². The maximum absolute atomic E-state index is 13.4. The maximum atomic E-state index is 13.4. The monoisotopic (exact) mass is 457 g/mol. The number of carbonyl (C=O) groups excluding carboxylic acids is 1. The zero-order chi connectivity index (χ0) is 23.1. The van der Waals surface area contributed by atoms with Crippen molar-refractivity contribution in [3.05, 3.63) is 66.2 Å². The minimum atomic E-state index is -0.247. The average molecular weight is 458 g/mol. The van der Waals surface area contributed by atoms with Gasteiger partial charge in [0.05, 0.1) is 33.4 Å². The van der Waals surface area contributed by atoms with Gasteiger partial charge in [-0.3, -0.25) is 10.1 Å². The van der Waals surface area contributed by atoms with Gasteiger partial charge in [-0.05, 0) is 26.8 Å². The van der Waals surface area contributed by atoms with Crippen molar-refractivity contribution in [2.75, 3.05) is 5.32 Å². The number of rotatable bonds is 5. The molecule has 0 fully saturated rings. The Labute approximate surface area is 195 Å². The predicted octanol–water partition coefficient (Wildman–Crippen LogP) is 5.10. The van der Waals surface area contributed by atoms with Crippen molar-refractivity contribution >= 4 is 33.4 Å². The summed E-state index contributed by atoms with van der Waals surface area (Å²) >= 11 is 1.41. The third kappa shape index (κ3) is 3.80. The molecule has 5 aromatic rings. The second-order valence-corrected chi connectivity index (χ2v) is 9.09. The van der Waals surface area contributed by atoms with E-state index in [2.05, 4.69) is 20.4 Å². The first-order valence-electron chi connectivity index (χ1n) is 10.6. The van der Waals surface area contributed by atoms with Gasteiger partial charge in [0.15, 0.2) is 16.6 Å². The van der Waals surface area contributed by atoms with E-state index >= 15 is 0 Å². The Morgan fingerprint density at radius 3 is 2.64 bits per heavy atom. The molecule has 1 N–H and O–H groups in total. The Morgan fingerprint density at radius 2 is 1.94 bits per heavy atom. The van der Waals surface area contributed by atoms with E-state index < -0.39 is 0 Å². The van der Waals surface area contributed by atoms with Crippen LogP contribution in [0.1, 0.15) is 35.9 Å². The average Bonchev–Trinajstić information content (AvgIpc) is 3.51. The number of amides is 1. The molecule has 1 aromatic carbocycles. The van der Waals surface area contributed by atoms with Crippen molar-refractivity contribution in [3.8, 4) is 22.0 Å². The Balaban J connectivity index is 1.57. The molecule has 8 nitrogen and oxygen atoms in total. The number of thiazole rings is 1. The van der Waals surface area contributed by atoms with Crippen molar-refractivity contribution in [3.63, 3.8) is 0 Å². The van der Waals surface area contributed by atoms with Crippen LogP contribution in [-0.4, -0.2) is 35.2 Å². The lowest BCUT2D eigenvalue weighted by Gasteiger charge is -2.10. The van der Waals surface area contributed by atoms with Gasteiger partial charge in [0, 0.05) is 31.0 Å². The van der Waals surface area contributed by atoms with Gasteiger partial charge in [0.25, 0.3) is 5.91 Å². The van der Waals surface area contributed by atoms with Gasteiger partial charge < -0.3 is 4.57 Å². The number of hydrogen-bond acceptors (Lipinski definition) is 6. The van der Waals surface area contributed by atoms with E-state index in [1.165, 1.54) is 11.3 Å². The minimum absolute atomic E-state index is 0.110. The standard InChI is InChI=1S/C24H23N7OS/c1-14(2)31-21-18(13-26-31)17(12-19(28-21)16-8-6-5-7-9-16)23(32)29-24-27-15(3)20(33-24)22-25-10-11-30(22)4/h5-14H,1-4H3,(H,27,29,32). The molecule has 4 heterocycles. The first-order valence-corrected chi connectivity index (χ1v) is 11.4. The maximum Gasteiger partial charge on any atom is 0.258 e. The highest BCUT2D eigenvalue weighted by Gasteiger charge is 2.21. The minimum Gasteiger partial charge on any atom is -0.333 e. The summed E-state index contributed by atoms with van der Waals surface area (Å²) in [4.78, 5) is 28.2. The van der Waals surface area contributed by atoms with E-state index in [1.807, 2.05) is 79.7 Å². The van der Waals surface area contributed by atoms with E-state index in [-0.39, 0.29) is 11.9 Å². The number of carbonyl (C=O) groups is 1. The van der Waals surface area contributed by atoms with E-state index in [4.69, 9.17) is 4.98 Å². The van der Waals surface area contributed by atoms with Crippen LogP contribution < -0.4 is 5.32 Å². The highest BCUT2D eigenvalue weighted by atomic mass is 32.1. The molecule has 0 radical (unpaired) electrons. The summed E-state index contributed by atoms with van der Waals surface area (Å²) in [6.07, 6.45) is 5.34. The van der Waals surface area contributed by atoms with Gasteiger partial charge in [0.2, 0.25) is 0 Å². The summed E-state index contributed by atoms with van der Waals surface area (Å²) in [6.45, 7) is 6.00. The van der Waals surface area contributed by atoms with Gasteiger partial charge in [-0.1, -0.05) is 41.7 Å². The molecule has 166 valence electrons. The van der Waals surface area contributed by atoms with Crippen LogP contribution in [0.5, 0.6) is 0 Å². The van der Waals surface area contributed by atoms with Crippen LogP contribution in [-0.2, 0) is 7.05 Å². The summed E-state index contributed by atoms with van der Waals surface area (Å²) in [5, 5.41) is 8.70. The molecule has 1 amide bonds. The number of pyridine rings is 1. The Kier molecular flexibility index (Phi) is 5.26. The van der Waals surface area contributed by atoms with Gasteiger partial charge in [-0.25, -0.2) is 19.6 Å². The molecule has 0 aliphatic heterocycles. The lowest BCUT2D eigenvalue weighted by molar-refractivity contribution is 0.102. The van der Waals surface area contributed by atoms with Gasteiger partial charge >= 0.3 is 0 Å². The van der Waals surface area contributed by atoms with Crippen LogP contribution in [0, 0.1) is 6.92 Å². The molecule has 9 heteroatoms. The fourth-order valence-electron chi connectivity index (χ4n) is 3.75. The molecule has 0 bridgehead atoms. The number of benzene rings is 1. The van der Waals surface area contributed by atoms with Crippen molar-refractivity contribution in [2.24, 2.45) is 7.05 Å². The molecule has 0 unspecified atom stereocenters. The van der Waals surface area contributed by atoms with Crippen LogP contribution in [0.4, 0.5) is 5.13 Å². The third-order valence-corrected chi connectivity index (χ3v) is 6.48. The second kappa shape index (κ2) is 8.25. The quantitative estimate of drug-likeness (QED) is 0.397. The lowest BCUT2D eigenvalue weighted by atomic mass is 10.1. The number of nitrogens with zero attached hydrogens (tertiary/aromatic N) is 6. The molecule has 5 rings (SSSR count). The summed E-state index contributed by atoms with van der Waals surface area (Å²) in [6, 6.07) is 11.8. The smallest absolute Gasteiger partial charge is 0.258 e. The van der Waals surface area contributed by atoms with Crippen molar-refractivity contribution in [1.29, 1.82) is 0 Å². The van der Waals surface area contributed by atoms with Crippen LogP contribution in [0.15, 0.2) is 55.0 Å². The van der Waals surface area contributed by atoms with Crippen LogP contribution >= 0.6 is 11.3 Å². The number of nitrogens with one attached hydrogen (secondary N) is 1. The third-order valence-electron chi connectivity index (χ3n) is 5.41. The number of fused-ring (bicyclic) bond motifs is 1. The van der Waals surface area contributed by atoms with Crippen LogP contribution in [0.25, 0.3) is 33.0 Å². The Hall–Kier alpha value is -3.85. The van der Waals surface area contributed by atoms with E-state index in [0.717, 1.165) is 27.7 Å². The Morgan fingerprint density at radius 1 is 1.15 bits per heavy atom. The molecular formula is C24H23N7OS. The molecule has 4 aromatic heterocycles. The summed E-state index contributed by atoms with van der Waals surface area (Å²) in [7, 11) is 1.94. The zero-order valence-corrected chi connectivity index (χ0v) is 19.6. The normalized spacial score (nSPS) is 11.4. The molecular weight excluding hydrogens is 434 g/mol. The number of hydrogen-bond donors (Lipinski definition) is 1. The zero-order valence-electron chi connectivity index (χ0n) is 18.8. The second-order valence-electron chi connectivity index (χ2n) is 8.09. The SMILES string of the molecule is Cc1nc(NC(=O)c2cc(-c3ccccc3)nc3c2cnn3C(C)C)sc1-c1nccn1C. The summed E-state index contributed by atoms with van der Waals surface area (Å²) < 4.78 is 3.77. The molecule has 0 aliphatic rings. The molecule has 0 aliphatic carbocycles. The molecule has 0 spiro atoms. The summed E-state index contributed by atoms with van der Waals surface area (Å²) in [5.74, 6) is 0.574. The van der Waals surface area contributed by atoms with Crippen LogP contribution in [0.2, 0.25) is 0 Å². The molecule has 0 atom stereocenters.